The summed E-state index contributed by atoms with van der Waals surface area (Å²) in [6.45, 7) is 6.72. The molecule has 0 aromatic heterocycles. The van der Waals surface area contributed by atoms with Crippen LogP contribution >= 0.6 is 0 Å². The van der Waals surface area contributed by atoms with Gasteiger partial charge in [0.15, 0.2) is 0 Å². The van der Waals surface area contributed by atoms with Gasteiger partial charge < -0.3 is 15.0 Å². The highest BCUT2D eigenvalue weighted by Crippen LogP contribution is 2.32. The van der Waals surface area contributed by atoms with Crippen molar-refractivity contribution in [2.24, 2.45) is 11.8 Å². The number of carbonyl (C=O) groups is 2. The van der Waals surface area contributed by atoms with Crippen molar-refractivity contribution >= 4 is 11.9 Å². The first-order valence-corrected chi connectivity index (χ1v) is 8.41. The second-order valence-electron chi connectivity index (χ2n) is 7.15. The number of nitrogens with zero attached hydrogens (tertiary/aromatic N) is 2. The minimum atomic E-state index is -0.736. The first-order valence-electron chi connectivity index (χ1n) is 8.41. The summed E-state index contributed by atoms with van der Waals surface area (Å²) in [5, 5.41) is 2.91. The predicted molar refractivity (Wildman–Crippen MR) is 82.4 cm³/mol. The van der Waals surface area contributed by atoms with Gasteiger partial charge in [-0.1, -0.05) is 0 Å². The molecule has 3 aliphatic heterocycles. The average molecular weight is 309 g/mol. The minimum Gasteiger partial charge on any atom is -0.381 e. The van der Waals surface area contributed by atoms with Gasteiger partial charge in [0.1, 0.15) is 5.54 Å². The lowest BCUT2D eigenvalue weighted by atomic mass is 9.79. The van der Waals surface area contributed by atoms with E-state index in [1.54, 1.807) is 7.05 Å². The van der Waals surface area contributed by atoms with E-state index in [0.29, 0.717) is 5.92 Å². The van der Waals surface area contributed by atoms with E-state index in [0.717, 1.165) is 58.5 Å². The van der Waals surface area contributed by atoms with E-state index in [-0.39, 0.29) is 17.9 Å². The quantitative estimate of drug-likeness (QED) is 0.792. The molecule has 0 aromatic carbocycles. The van der Waals surface area contributed by atoms with Crippen LogP contribution in [0.1, 0.15) is 32.6 Å². The molecule has 3 fully saturated rings. The Bertz CT molecular complexity index is 450. The number of carbonyl (C=O) groups excluding carboxylic acids is 2. The van der Waals surface area contributed by atoms with E-state index >= 15 is 0 Å². The second-order valence-corrected chi connectivity index (χ2v) is 7.15. The topological polar surface area (TPSA) is 61.9 Å². The molecule has 22 heavy (non-hydrogen) atoms. The zero-order valence-electron chi connectivity index (χ0n) is 13.6. The van der Waals surface area contributed by atoms with Gasteiger partial charge in [0, 0.05) is 39.3 Å². The molecule has 0 radical (unpaired) electrons. The van der Waals surface area contributed by atoms with Crippen molar-refractivity contribution in [3.63, 3.8) is 0 Å². The van der Waals surface area contributed by atoms with E-state index in [1.807, 2.05) is 6.92 Å². The molecule has 0 aliphatic carbocycles. The zero-order valence-corrected chi connectivity index (χ0v) is 13.6. The van der Waals surface area contributed by atoms with Gasteiger partial charge in [0.2, 0.25) is 0 Å². The maximum atomic E-state index is 12.4. The largest absolute Gasteiger partial charge is 0.381 e. The van der Waals surface area contributed by atoms with Gasteiger partial charge in [-0.05, 0) is 45.1 Å². The SMILES string of the molecule is CN1C(=O)N[C@@](C)([C@H]2CCCN(CC3CCOCC3)C2)C1=O. The van der Waals surface area contributed by atoms with Gasteiger partial charge in [0.25, 0.3) is 5.91 Å². The molecule has 124 valence electrons. The van der Waals surface area contributed by atoms with Crippen LogP contribution in [0.4, 0.5) is 4.79 Å². The van der Waals surface area contributed by atoms with Crippen LogP contribution in [-0.4, -0.2) is 67.2 Å². The lowest BCUT2D eigenvalue weighted by Gasteiger charge is -2.41. The van der Waals surface area contributed by atoms with Gasteiger partial charge >= 0.3 is 6.03 Å². The molecule has 6 nitrogen and oxygen atoms in total. The van der Waals surface area contributed by atoms with Crippen molar-refractivity contribution in [2.45, 2.75) is 38.1 Å². The molecule has 2 atom stereocenters. The van der Waals surface area contributed by atoms with Gasteiger partial charge in [-0.2, -0.15) is 0 Å². The highest BCUT2D eigenvalue weighted by molar-refractivity contribution is 6.06. The molecule has 0 aromatic rings. The average Bonchev–Trinajstić information content (AvgIpc) is 2.73. The Balaban J connectivity index is 1.62. The van der Waals surface area contributed by atoms with Gasteiger partial charge in [0.05, 0.1) is 0 Å². The summed E-state index contributed by atoms with van der Waals surface area (Å²) in [7, 11) is 1.56. The van der Waals surface area contributed by atoms with Crippen molar-refractivity contribution in [1.29, 1.82) is 0 Å². The van der Waals surface area contributed by atoms with Crippen LogP contribution in [0, 0.1) is 11.8 Å². The van der Waals surface area contributed by atoms with Crippen LogP contribution in [0.25, 0.3) is 0 Å². The number of likely N-dealkylation sites (N-methyl/N-ethyl adjacent to an activating group) is 1. The maximum Gasteiger partial charge on any atom is 0.324 e. The van der Waals surface area contributed by atoms with Crippen molar-refractivity contribution in [2.75, 3.05) is 39.9 Å². The molecule has 6 heteroatoms. The fourth-order valence-corrected chi connectivity index (χ4v) is 4.06. The maximum absolute atomic E-state index is 12.4. The third kappa shape index (κ3) is 2.86. The predicted octanol–water partition coefficient (Wildman–Crippen LogP) is 1.07. The summed E-state index contributed by atoms with van der Waals surface area (Å²) in [5.41, 5.74) is -0.736. The number of nitrogens with one attached hydrogen (secondary N) is 1. The van der Waals surface area contributed by atoms with Gasteiger partial charge in [-0.15, -0.1) is 0 Å². The van der Waals surface area contributed by atoms with E-state index < -0.39 is 5.54 Å². The molecule has 3 heterocycles. The Hall–Kier alpha value is -1.14. The Kier molecular flexibility index (Phi) is 4.41. The number of urea groups is 1. The smallest absolute Gasteiger partial charge is 0.324 e. The molecule has 0 spiro atoms. The fraction of sp³-hybridized carbons (Fsp3) is 0.875. The number of hydrogen-bond acceptors (Lipinski definition) is 4. The third-order valence-corrected chi connectivity index (χ3v) is 5.60. The highest BCUT2D eigenvalue weighted by Gasteiger charge is 2.51. The molecule has 0 bridgehead atoms. The van der Waals surface area contributed by atoms with Crippen LogP contribution in [0.3, 0.4) is 0 Å². The van der Waals surface area contributed by atoms with Crippen molar-refractivity contribution < 1.29 is 14.3 Å². The van der Waals surface area contributed by atoms with Crippen LogP contribution in [0.5, 0.6) is 0 Å². The third-order valence-electron chi connectivity index (χ3n) is 5.60. The molecule has 1 N–H and O–H groups in total. The highest BCUT2D eigenvalue weighted by atomic mass is 16.5. The van der Waals surface area contributed by atoms with Crippen molar-refractivity contribution in [3.05, 3.63) is 0 Å². The zero-order chi connectivity index (χ0) is 15.7. The molecule has 3 aliphatic rings. The summed E-state index contributed by atoms with van der Waals surface area (Å²) in [4.78, 5) is 27.9. The van der Waals surface area contributed by atoms with Crippen LogP contribution < -0.4 is 5.32 Å². The summed E-state index contributed by atoms with van der Waals surface area (Å²) in [6, 6.07) is -0.269. The Labute approximate surface area is 132 Å². The van der Waals surface area contributed by atoms with Crippen LogP contribution in [0.15, 0.2) is 0 Å². The summed E-state index contributed by atoms with van der Waals surface area (Å²) in [5.74, 6) is 0.815. The lowest BCUT2D eigenvalue weighted by Crippen LogP contribution is -2.56. The second kappa shape index (κ2) is 6.16. The number of rotatable bonds is 3. The summed E-state index contributed by atoms with van der Waals surface area (Å²) in [6.07, 6.45) is 4.37. The number of hydrogen-bond donors (Lipinski definition) is 1. The van der Waals surface area contributed by atoms with Gasteiger partial charge in [-0.25, -0.2) is 4.79 Å². The van der Waals surface area contributed by atoms with Crippen LogP contribution in [0.2, 0.25) is 0 Å². The fourth-order valence-electron chi connectivity index (χ4n) is 4.06. The first kappa shape index (κ1) is 15.7. The summed E-state index contributed by atoms with van der Waals surface area (Å²) >= 11 is 0. The minimum absolute atomic E-state index is 0.0876. The number of imide groups is 1. The van der Waals surface area contributed by atoms with Crippen molar-refractivity contribution in [3.8, 4) is 0 Å². The van der Waals surface area contributed by atoms with E-state index in [2.05, 4.69) is 10.2 Å². The molecule has 3 saturated heterocycles. The standard InChI is InChI=1S/C16H27N3O3/c1-16(14(20)18(2)15(21)17-16)13-4-3-7-19(11-13)10-12-5-8-22-9-6-12/h12-13H,3-11H2,1-2H3,(H,17,21)/t13-,16-/m0/s1. The molecular weight excluding hydrogens is 282 g/mol. The van der Waals surface area contributed by atoms with Gasteiger partial charge in [-0.3, -0.25) is 9.69 Å². The normalized spacial score (nSPS) is 35.0. The molecule has 0 unspecified atom stereocenters. The number of ether oxygens (including phenoxy) is 1. The Morgan fingerprint density at radius 2 is 2.00 bits per heavy atom. The number of amides is 3. The Morgan fingerprint density at radius 3 is 2.64 bits per heavy atom. The van der Waals surface area contributed by atoms with E-state index in [4.69, 9.17) is 4.74 Å². The molecule has 3 amide bonds. The summed E-state index contributed by atoms with van der Waals surface area (Å²) < 4.78 is 5.43. The van der Waals surface area contributed by atoms with Crippen LogP contribution in [-0.2, 0) is 9.53 Å². The molecule has 0 saturated carbocycles. The van der Waals surface area contributed by atoms with Crippen molar-refractivity contribution in [1.82, 2.24) is 15.1 Å². The monoisotopic (exact) mass is 309 g/mol. The molecular formula is C16H27N3O3. The van der Waals surface area contributed by atoms with E-state index in [1.165, 1.54) is 4.90 Å². The lowest BCUT2D eigenvalue weighted by molar-refractivity contribution is -0.132. The first-order chi connectivity index (χ1) is 10.5. The molecule has 3 rings (SSSR count). The Morgan fingerprint density at radius 1 is 1.27 bits per heavy atom. The number of piperidine rings is 1. The number of likely N-dealkylation sites (tertiary alicyclic amines) is 1. The van der Waals surface area contributed by atoms with E-state index in [9.17, 15) is 9.59 Å².